The van der Waals surface area contributed by atoms with Crippen LogP contribution >= 0.6 is 11.3 Å². The van der Waals surface area contributed by atoms with Gasteiger partial charge in [0.2, 0.25) is 5.95 Å². The zero-order valence-electron chi connectivity index (χ0n) is 10.9. The van der Waals surface area contributed by atoms with Crippen LogP contribution in [0.1, 0.15) is 18.5 Å². The van der Waals surface area contributed by atoms with E-state index in [2.05, 4.69) is 32.6 Å². The topological polar surface area (TPSA) is 88.8 Å². The Bertz CT molecular complexity index is 711. The number of nitrogen functional groups attached to an aromatic ring is 1. The predicted molar refractivity (Wildman–Crippen MR) is 81.5 cm³/mol. The van der Waals surface area contributed by atoms with Crippen LogP contribution < -0.4 is 16.6 Å². The van der Waals surface area contributed by atoms with Crippen LogP contribution in [0.2, 0.25) is 0 Å². The van der Waals surface area contributed by atoms with Gasteiger partial charge in [-0.05, 0) is 36.1 Å². The Morgan fingerprint density at radius 3 is 2.75 bits per heavy atom. The molecule has 1 unspecified atom stereocenters. The Kier molecular flexibility index (Phi) is 3.44. The molecule has 0 amide bonds. The molecule has 0 fully saturated rings. The molecule has 0 spiro atoms. The van der Waals surface area contributed by atoms with Crippen LogP contribution in [0, 0.1) is 0 Å². The Balaban J connectivity index is 1.95. The number of anilines is 2. The van der Waals surface area contributed by atoms with Crippen molar-refractivity contribution in [3.63, 3.8) is 0 Å². The maximum absolute atomic E-state index is 5.41. The molecule has 7 heteroatoms. The minimum absolute atomic E-state index is 0.113. The average Bonchev–Trinajstić information content (AvgIpc) is 2.96. The van der Waals surface area contributed by atoms with Gasteiger partial charge in [0.15, 0.2) is 0 Å². The van der Waals surface area contributed by atoms with E-state index < -0.39 is 0 Å². The number of aromatic nitrogens is 3. The summed E-state index contributed by atoms with van der Waals surface area (Å²) in [6, 6.07) is 6.07. The molecule has 0 radical (unpaired) electrons. The van der Waals surface area contributed by atoms with Gasteiger partial charge < -0.3 is 5.32 Å². The third-order valence-corrected chi connectivity index (χ3v) is 3.82. The molecule has 0 aliphatic heterocycles. The predicted octanol–water partition coefficient (Wildman–Crippen LogP) is 2.55. The highest BCUT2D eigenvalue weighted by atomic mass is 32.1. The van der Waals surface area contributed by atoms with Crippen molar-refractivity contribution in [3.05, 3.63) is 41.5 Å². The Labute approximate surface area is 120 Å². The number of nitrogens with two attached hydrogens (primary N) is 1. The van der Waals surface area contributed by atoms with E-state index in [4.69, 9.17) is 5.84 Å². The molecule has 0 aromatic carbocycles. The molecule has 20 heavy (non-hydrogen) atoms. The molecule has 4 N–H and O–H groups in total. The molecule has 0 saturated carbocycles. The van der Waals surface area contributed by atoms with Crippen molar-refractivity contribution in [2.45, 2.75) is 13.0 Å². The first kappa shape index (κ1) is 12.8. The third-order valence-electron chi connectivity index (χ3n) is 3.01. The second-order valence-electron chi connectivity index (χ2n) is 4.33. The van der Waals surface area contributed by atoms with Crippen molar-refractivity contribution in [1.29, 1.82) is 0 Å². The van der Waals surface area contributed by atoms with Crippen LogP contribution in [0.4, 0.5) is 11.8 Å². The molecule has 0 aliphatic rings. The highest BCUT2D eigenvalue weighted by Crippen LogP contribution is 2.28. The number of hydrazine groups is 1. The van der Waals surface area contributed by atoms with Gasteiger partial charge in [0.1, 0.15) is 10.6 Å². The van der Waals surface area contributed by atoms with E-state index in [0.717, 1.165) is 21.6 Å². The monoisotopic (exact) mass is 286 g/mol. The number of nitrogens with zero attached hydrogens (tertiary/aromatic N) is 3. The second-order valence-corrected chi connectivity index (χ2v) is 5.22. The van der Waals surface area contributed by atoms with Gasteiger partial charge in [0, 0.05) is 12.4 Å². The first-order valence-corrected chi connectivity index (χ1v) is 7.04. The normalized spacial score (nSPS) is 12.3. The van der Waals surface area contributed by atoms with Gasteiger partial charge in [0.05, 0.1) is 11.4 Å². The number of pyridine rings is 1. The second kappa shape index (κ2) is 5.40. The van der Waals surface area contributed by atoms with Gasteiger partial charge in [-0.3, -0.25) is 10.4 Å². The van der Waals surface area contributed by atoms with Gasteiger partial charge in [-0.15, -0.1) is 11.3 Å². The molecular weight excluding hydrogens is 272 g/mol. The zero-order chi connectivity index (χ0) is 13.9. The fraction of sp³-hybridized carbons (Fsp3) is 0.154. The van der Waals surface area contributed by atoms with Crippen LogP contribution in [0.5, 0.6) is 0 Å². The Morgan fingerprint density at radius 1 is 1.20 bits per heavy atom. The number of thiophene rings is 1. The molecule has 3 rings (SSSR count). The van der Waals surface area contributed by atoms with Crippen LogP contribution in [0.15, 0.2) is 36.0 Å². The summed E-state index contributed by atoms with van der Waals surface area (Å²) in [6.45, 7) is 2.07. The van der Waals surface area contributed by atoms with Crippen molar-refractivity contribution in [2.24, 2.45) is 5.84 Å². The van der Waals surface area contributed by atoms with Crippen molar-refractivity contribution in [1.82, 2.24) is 15.0 Å². The molecule has 0 saturated heterocycles. The fourth-order valence-corrected chi connectivity index (χ4v) is 2.73. The first-order chi connectivity index (χ1) is 9.78. The zero-order valence-corrected chi connectivity index (χ0v) is 11.7. The van der Waals surface area contributed by atoms with E-state index in [0.29, 0.717) is 5.95 Å². The van der Waals surface area contributed by atoms with E-state index in [9.17, 15) is 0 Å². The SMILES string of the molecule is CC(Nc1nc(NN)nc2sccc12)c1ccncc1. The van der Waals surface area contributed by atoms with E-state index in [1.807, 2.05) is 23.6 Å². The molecule has 6 nitrogen and oxygen atoms in total. The summed E-state index contributed by atoms with van der Waals surface area (Å²) in [7, 11) is 0. The van der Waals surface area contributed by atoms with Crippen LogP contribution in [-0.2, 0) is 0 Å². The molecule has 3 aromatic heterocycles. The lowest BCUT2D eigenvalue weighted by Gasteiger charge is -2.15. The maximum Gasteiger partial charge on any atom is 0.240 e. The summed E-state index contributed by atoms with van der Waals surface area (Å²) in [5.41, 5.74) is 3.64. The van der Waals surface area contributed by atoms with Crippen LogP contribution in [0.25, 0.3) is 10.2 Å². The molecule has 0 bridgehead atoms. The summed E-state index contributed by atoms with van der Waals surface area (Å²) < 4.78 is 0. The molecule has 1 atom stereocenters. The summed E-state index contributed by atoms with van der Waals surface area (Å²) in [5, 5.41) is 6.38. The van der Waals surface area contributed by atoms with Gasteiger partial charge in [0.25, 0.3) is 0 Å². The standard InChI is InChI=1S/C13H14N6S/c1-8(9-2-5-15-6-3-9)16-11-10-4-7-20-12(10)18-13(17-11)19-14/h2-8H,14H2,1H3,(H2,16,17,18,19). The molecule has 102 valence electrons. The first-order valence-electron chi connectivity index (χ1n) is 6.16. The lowest BCUT2D eigenvalue weighted by molar-refractivity contribution is 0.872. The highest BCUT2D eigenvalue weighted by molar-refractivity contribution is 7.16. The van der Waals surface area contributed by atoms with E-state index in [1.54, 1.807) is 23.7 Å². The summed E-state index contributed by atoms with van der Waals surface area (Å²) in [6.07, 6.45) is 3.56. The average molecular weight is 286 g/mol. The highest BCUT2D eigenvalue weighted by Gasteiger charge is 2.12. The van der Waals surface area contributed by atoms with Gasteiger partial charge >= 0.3 is 0 Å². The quantitative estimate of drug-likeness (QED) is 0.504. The van der Waals surface area contributed by atoms with E-state index in [-0.39, 0.29) is 6.04 Å². The molecule has 3 heterocycles. The molecule has 0 aliphatic carbocycles. The molecule has 3 aromatic rings. The summed E-state index contributed by atoms with van der Waals surface area (Å²) in [4.78, 5) is 13.6. The summed E-state index contributed by atoms with van der Waals surface area (Å²) in [5.74, 6) is 6.59. The maximum atomic E-state index is 5.41. The number of fused-ring (bicyclic) bond motifs is 1. The van der Waals surface area contributed by atoms with E-state index >= 15 is 0 Å². The van der Waals surface area contributed by atoms with Gasteiger partial charge in [-0.25, -0.2) is 10.8 Å². The van der Waals surface area contributed by atoms with Gasteiger partial charge in [-0.1, -0.05) is 0 Å². The van der Waals surface area contributed by atoms with Crippen molar-refractivity contribution in [2.75, 3.05) is 10.7 Å². The Hall–Kier alpha value is -2.25. The number of hydrogen-bond donors (Lipinski definition) is 3. The number of hydrogen-bond acceptors (Lipinski definition) is 7. The Morgan fingerprint density at radius 2 is 2.00 bits per heavy atom. The van der Waals surface area contributed by atoms with E-state index in [1.165, 1.54) is 0 Å². The minimum Gasteiger partial charge on any atom is -0.363 e. The number of rotatable bonds is 4. The third kappa shape index (κ3) is 2.40. The minimum atomic E-state index is 0.113. The van der Waals surface area contributed by atoms with Crippen molar-refractivity contribution in [3.8, 4) is 0 Å². The summed E-state index contributed by atoms with van der Waals surface area (Å²) >= 11 is 1.56. The molecular formula is C13H14N6S. The van der Waals surface area contributed by atoms with Crippen molar-refractivity contribution >= 4 is 33.3 Å². The number of nitrogens with one attached hydrogen (secondary N) is 2. The van der Waals surface area contributed by atoms with Crippen LogP contribution in [0.3, 0.4) is 0 Å². The largest absolute Gasteiger partial charge is 0.363 e. The lowest BCUT2D eigenvalue weighted by atomic mass is 10.1. The van der Waals surface area contributed by atoms with Gasteiger partial charge in [-0.2, -0.15) is 4.98 Å². The lowest BCUT2D eigenvalue weighted by Crippen LogP contribution is -2.13. The van der Waals surface area contributed by atoms with Crippen LogP contribution in [-0.4, -0.2) is 15.0 Å². The van der Waals surface area contributed by atoms with Crippen molar-refractivity contribution < 1.29 is 0 Å². The fourth-order valence-electron chi connectivity index (χ4n) is 1.97. The smallest absolute Gasteiger partial charge is 0.240 e.